The van der Waals surface area contributed by atoms with Crippen LogP contribution in [-0.2, 0) is 0 Å². The minimum Gasteiger partial charge on any atom is -0.461 e. The van der Waals surface area contributed by atoms with E-state index in [1.165, 1.54) is 6.07 Å². The van der Waals surface area contributed by atoms with Crippen LogP contribution in [0.25, 0.3) is 33.1 Å². The summed E-state index contributed by atoms with van der Waals surface area (Å²) < 4.78 is 11.0. The molecule has 3 nitrogen and oxygen atoms in total. The number of furan rings is 1. The fourth-order valence-electron chi connectivity index (χ4n) is 2.75. The molecule has 0 aliphatic carbocycles. The molecule has 4 rings (SSSR count). The van der Waals surface area contributed by atoms with E-state index in [9.17, 15) is 4.79 Å². The topological polar surface area (TPSA) is 43.4 Å². The monoisotopic (exact) mass is 276 g/mol. The van der Waals surface area contributed by atoms with Crippen LogP contribution >= 0.6 is 0 Å². The van der Waals surface area contributed by atoms with Crippen LogP contribution in [0.15, 0.2) is 68.2 Å². The van der Waals surface area contributed by atoms with Crippen molar-refractivity contribution < 1.29 is 8.83 Å². The van der Waals surface area contributed by atoms with Gasteiger partial charge in [0.2, 0.25) is 0 Å². The number of hydrogen-bond acceptors (Lipinski definition) is 3. The second-order valence-corrected chi connectivity index (χ2v) is 5.04. The van der Waals surface area contributed by atoms with Crippen LogP contribution in [0.1, 0.15) is 5.76 Å². The Bertz CT molecular complexity index is 1010. The van der Waals surface area contributed by atoms with E-state index in [4.69, 9.17) is 8.83 Å². The predicted octanol–water partition coefficient (Wildman–Crippen LogP) is 4.51. The van der Waals surface area contributed by atoms with Crippen LogP contribution in [0.3, 0.4) is 0 Å². The minimum atomic E-state index is -0.353. The van der Waals surface area contributed by atoms with Crippen LogP contribution in [0.2, 0.25) is 0 Å². The molecule has 2 aromatic carbocycles. The molecule has 0 unspecified atom stereocenters. The smallest absolute Gasteiger partial charge is 0.336 e. The highest BCUT2D eigenvalue weighted by Crippen LogP contribution is 2.36. The lowest BCUT2D eigenvalue weighted by Crippen LogP contribution is -1.93. The van der Waals surface area contributed by atoms with Crippen molar-refractivity contribution in [3.8, 4) is 11.1 Å². The highest BCUT2D eigenvalue weighted by molar-refractivity contribution is 6.02. The molecular weight excluding hydrogens is 264 g/mol. The highest BCUT2D eigenvalue weighted by atomic mass is 16.4. The van der Waals surface area contributed by atoms with Crippen molar-refractivity contribution >= 4 is 21.9 Å². The Kier molecular flexibility index (Phi) is 2.48. The van der Waals surface area contributed by atoms with Crippen molar-refractivity contribution in [1.29, 1.82) is 0 Å². The van der Waals surface area contributed by atoms with E-state index in [2.05, 4.69) is 12.1 Å². The van der Waals surface area contributed by atoms with Gasteiger partial charge in [-0.1, -0.05) is 30.3 Å². The zero-order valence-corrected chi connectivity index (χ0v) is 11.4. The van der Waals surface area contributed by atoms with Gasteiger partial charge in [0.1, 0.15) is 16.9 Å². The number of aryl methyl sites for hydroxylation is 1. The number of fused-ring (bicyclic) bond motifs is 2. The molecule has 0 aliphatic heterocycles. The average molecular weight is 276 g/mol. The Hall–Kier alpha value is -2.81. The summed E-state index contributed by atoms with van der Waals surface area (Å²) in [5.74, 6) is 0.855. The molecule has 0 aliphatic rings. The maximum absolute atomic E-state index is 11.3. The Balaban J connectivity index is 2.10. The maximum atomic E-state index is 11.3. The summed E-state index contributed by atoms with van der Waals surface area (Å²) in [5, 5.41) is 1.92. The standard InChI is InChI=1S/C18H12O3/c1-11-18(12-5-3-2-4-6-12)14-9-13-7-8-17(19)21-15(13)10-16(14)20-11/h2-10H,1H3. The lowest BCUT2D eigenvalue weighted by atomic mass is 10.0. The van der Waals surface area contributed by atoms with Crippen molar-refractivity contribution in [1.82, 2.24) is 0 Å². The van der Waals surface area contributed by atoms with Gasteiger partial charge in [-0.05, 0) is 24.6 Å². The van der Waals surface area contributed by atoms with Gasteiger partial charge in [-0.15, -0.1) is 0 Å². The predicted molar refractivity (Wildman–Crippen MR) is 82.4 cm³/mol. The lowest BCUT2D eigenvalue weighted by molar-refractivity contribution is 0.556. The molecule has 2 heterocycles. The van der Waals surface area contributed by atoms with Gasteiger partial charge in [0.25, 0.3) is 0 Å². The first-order chi connectivity index (χ1) is 10.2. The van der Waals surface area contributed by atoms with Crippen molar-refractivity contribution in [2.75, 3.05) is 0 Å². The van der Waals surface area contributed by atoms with Gasteiger partial charge in [-0.2, -0.15) is 0 Å². The zero-order valence-electron chi connectivity index (χ0n) is 11.4. The first-order valence-corrected chi connectivity index (χ1v) is 6.75. The quantitative estimate of drug-likeness (QED) is 0.480. The Morgan fingerprint density at radius 1 is 0.857 bits per heavy atom. The summed E-state index contributed by atoms with van der Waals surface area (Å²) in [6, 6.07) is 17.1. The molecular formula is C18H12O3. The number of rotatable bonds is 1. The number of hydrogen-bond donors (Lipinski definition) is 0. The molecule has 3 heteroatoms. The van der Waals surface area contributed by atoms with Gasteiger partial charge in [0.15, 0.2) is 0 Å². The van der Waals surface area contributed by atoms with Crippen LogP contribution in [0.4, 0.5) is 0 Å². The van der Waals surface area contributed by atoms with E-state index in [0.29, 0.717) is 5.58 Å². The molecule has 0 radical (unpaired) electrons. The highest BCUT2D eigenvalue weighted by Gasteiger charge is 2.14. The third-order valence-electron chi connectivity index (χ3n) is 3.67. The minimum absolute atomic E-state index is 0.353. The van der Waals surface area contributed by atoms with E-state index >= 15 is 0 Å². The van der Waals surface area contributed by atoms with E-state index in [1.54, 1.807) is 12.1 Å². The largest absolute Gasteiger partial charge is 0.461 e. The maximum Gasteiger partial charge on any atom is 0.336 e. The molecule has 0 atom stereocenters. The van der Waals surface area contributed by atoms with Crippen LogP contribution in [0, 0.1) is 6.92 Å². The molecule has 21 heavy (non-hydrogen) atoms. The van der Waals surface area contributed by atoms with Crippen LogP contribution in [0.5, 0.6) is 0 Å². The average Bonchev–Trinajstić information content (AvgIpc) is 2.80. The molecule has 4 aromatic rings. The first-order valence-electron chi connectivity index (χ1n) is 6.75. The lowest BCUT2D eigenvalue weighted by Gasteiger charge is -2.00. The summed E-state index contributed by atoms with van der Waals surface area (Å²) in [4.78, 5) is 11.3. The van der Waals surface area contributed by atoms with Gasteiger partial charge in [-0.3, -0.25) is 0 Å². The molecule has 0 amide bonds. The van der Waals surface area contributed by atoms with E-state index in [1.807, 2.05) is 31.2 Å². The Morgan fingerprint density at radius 2 is 1.67 bits per heavy atom. The van der Waals surface area contributed by atoms with Crippen LogP contribution < -0.4 is 5.63 Å². The third-order valence-corrected chi connectivity index (χ3v) is 3.67. The van der Waals surface area contributed by atoms with E-state index < -0.39 is 0 Å². The van der Waals surface area contributed by atoms with Gasteiger partial charge in [-0.25, -0.2) is 4.79 Å². The van der Waals surface area contributed by atoms with Crippen molar-refractivity contribution in [2.24, 2.45) is 0 Å². The van der Waals surface area contributed by atoms with Gasteiger partial charge >= 0.3 is 5.63 Å². The Labute approximate surface area is 120 Å². The number of benzene rings is 2. The molecule has 0 bridgehead atoms. The third kappa shape index (κ3) is 1.86. The Morgan fingerprint density at radius 3 is 2.48 bits per heavy atom. The molecule has 0 spiro atoms. The molecule has 0 N–H and O–H groups in total. The molecule has 0 saturated heterocycles. The summed E-state index contributed by atoms with van der Waals surface area (Å²) in [6.45, 7) is 1.95. The molecule has 102 valence electrons. The second kappa shape index (κ2) is 4.35. The summed E-state index contributed by atoms with van der Waals surface area (Å²) in [7, 11) is 0. The summed E-state index contributed by atoms with van der Waals surface area (Å²) in [6.07, 6.45) is 0. The van der Waals surface area contributed by atoms with Crippen molar-refractivity contribution in [2.45, 2.75) is 6.92 Å². The van der Waals surface area contributed by atoms with E-state index in [-0.39, 0.29) is 5.63 Å². The SMILES string of the molecule is Cc1oc2cc3oc(=O)ccc3cc2c1-c1ccccc1. The molecule has 2 aromatic heterocycles. The zero-order chi connectivity index (χ0) is 14.4. The second-order valence-electron chi connectivity index (χ2n) is 5.04. The first kappa shape index (κ1) is 12.0. The van der Waals surface area contributed by atoms with Gasteiger partial charge < -0.3 is 8.83 Å². The molecule has 0 saturated carbocycles. The van der Waals surface area contributed by atoms with Crippen molar-refractivity contribution in [3.05, 3.63) is 70.8 Å². The summed E-state index contributed by atoms with van der Waals surface area (Å²) >= 11 is 0. The fourth-order valence-corrected chi connectivity index (χ4v) is 2.75. The van der Waals surface area contributed by atoms with E-state index in [0.717, 1.165) is 33.2 Å². The van der Waals surface area contributed by atoms with Crippen LogP contribution in [-0.4, -0.2) is 0 Å². The van der Waals surface area contributed by atoms with Gasteiger partial charge in [0, 0.05) is 28.5 Å². The fraction of sp³-hybridized carbons (Fsp3) is 0.0556. The van der Waals surface area contributed by atoms with Crippen molar-refractivity contribution in [3.63, 3.8) is 0 Å². The normalized spacial score (nSPS) is 11.3. The van der Waals surface area contributed by atoms with Gasteiger partial charge in [0.05, 0.1) is 0 Å². The summed E-state index contributed by atoms with van der Waals surface area (Å²) in [5.41, 5.74) is 3.12. The molecule has 0 fully saturated rings.